The largest absolute Gasteiger partial charge is 0.395 e. The van der Waals surface area contributed by atoms with Crippen LogP contribution in [0.15, 0.2) is 0 Å². The summed E-state index contributed by atoms with van der Waals surface area (Å²) in [4.78, 5) is 0. The molecule has 1 aliphatic heterocycles. The number of hydrogen-bond acceptors (Lipinski definition) is 3. The molecule has 1 N–H and O–H groups in total. The van der Waals surface area contributed by atoms with Crippen molar-refractivity contribution in [3.63, 3.8) is 0 Å². The van der Waals surface area contributed by atoms with Gasteiger partial charge in [-0.05, 0) is 25.7 Å². The van der Waals surface area contributed by atoms with E-state index in [0.29, 0.717) is 18.8 Å². The minimum absolute atomic E-state index is 0.0747. The lowest BCUT2D eigenvalue weighted by Crippen LogP contribution is -2.39. The highest BCUT2D eigenvalue weighted by atomic mass is 35.5. The summed E-state index contributed by atoms with van der Waals surface area (Å²) in [5, 5.41) is 9.04. The Kier molecular flexibility index (Phi) is 5.32. The normalized spacial score (nSPS) is 23.5. The second-order valence-electron chi connectivity index (χ2n) is 3.80. The lowest BCUT2D eigenvalue weighted by atomic mass is 10.2. The van der Waals surface area contributed by atoms with Gasteiger partial charge in [-0.25, -0.2) is 8.42 Å². The summed E-state index contributed by atoms with van der Waals surface area (Å²) in [6.07, 6.45) is 2.93. The molecule has 6 heteroatoms. The molecule has 0 aromatic carbocycles. The molecule has 0 bridgehead atoms. The van der Waals surface area contributed by atoms with E-state index in [1.54, 1.807) is 0 Å². The Morgan fingerprint density at radius 3 is 2.73 bits per heavy atom. The van der Waals surface area contributed by atoms with Gasteiger partial charge in [-0.15, -0.1) is 11.6 Å². The molecular weight excluding hydrogens is 238 g/mol. The van der Waals surface area contributed by atoms with Crippen molar-refractivity contribution in [3.05, 3.63) is 0 Å². The van der Waals surface area contributed by atoms with E-state index in [1.807, 2.05) is 0 Å². The molecule has 1 heterocycles. The molecule has 0 radical (unpaired) electrons. The molecular formula is C9H18ClNO3S. The van der Waals surface area contributed by atoms with Crippen LogP contribution in [0.1, 0.15) is 25.7 Å². The number of hydrogen-bond donors (Lipinski definition) is 1. The molecule has 4 nitrogen and oxygen atoms in total. The molecule has 1 saturated heterocycles. The predicted molar refractivity (Wildman–Crippen MR) is 60.6 cm³/mol. The molecule has 0 unspecified atom stereocenters. The quantitative estimate of drug-likeness (QED) is 0.564. The molecule has 1 fully saturated rings. The molecule has 0 aromatic heterocycles. The van der Waals surface area contributed by atoms with E-state index >= 15 is 0 Å². The standard InChI is InChI=1S/C9H18ClNO3S/c10-5-1-2-7-15(13,14)11-6-3-4-9(11)8-12/h9,12H,1-8H2/t9-/m1/s1. The SMILES string of the molecule is O=S(=O)(CCCCCl)N1CCC[C@@H]1CO. The zero-order valence-corrected chi connectivity index (χ0v) is 10.3. The van der Waals surface area contributed by atoms with Gasteiger partial charge in [0.15, 0.2) is 0 Å². The van der Waals surface area contributed by atoms with Crippen LogP contribution in [0, 0.1) is 0 Å². The highest BCUT2D eigenvalue weighted by molar-refractivity contribution is 7.89. The van der Waals surface area contributed by atoms with E-state index in [2.05, 4.69) is 0 Å². The van der Waals surface area contributed by atoms with Crippen molar-refractivity contribution in [2.24, 2.45) is 0 Å². The van der Waals surface area contributed by atoms with Crippen LogP contribution in [0.25, 0.3) is 0 Å². The molecule has 0 aromatic rings. The first kappa shape index (κ1) is 13.2. The van der Waals surface area contributed by atoms with Gasteiger partial charge in [-0.3, -0.25) is 0 Å². The molecule has 0 aliphatic carbocycles. The van der Waals surface area contributed by atoms with Gasteiger partial charge in [-0.1, -0.05) is 0 Å². The van der Waals surface area contributed by atoms with Crippen LogP contribution < -0.4 is 0 Å². The Labute approximate surface area is 96.3 Å². The number of sulfonamides is 1. The van der Waals surface area contributed by atoms with Crippen LogP contribution in [0.3, 0.4) is 0 Å². The lowest BCUT2D eigenvalue weighted by molar-refractivity contribution is 0.213. The minimum Gasteiger partial charge on any atom is -0.395 e. The smallest absolute Gasteiger partial charge is 0.214 e. The third kappa shape index (κ3) is 3.59. The summed E-state index contributed by atoms with van der Waals surface area (Å²) in [5.74, 6) is 0.648. The number of halogens is 1. The first-order chi connectivity index (χ1) is 7.11. The first-order valence-electron chi connectivity index (χ1n) is 5.28. The van der Waals surface area contributed by atoms with E-state index in [1.165, 1.54) is 4.31 Å². The second-order valence-corrected chi connectivity index (χ2v) is 6.22. The number of aliphatic hydroxyl groups excluding tert-OH is 1. The lowest BCUT2D eigenvalue weighted by Gasteiger charge is -2.22. The van der Waals surface area contributed by atoms with Crippen molar-refractivity contribution < 1.29 is 13.5 Å². The maximum Gasteiger partial charge on any atom is 0.214 e. The molecule has 15 heavy (non-hydrogen) atoms. The van der Waals surface area contributed by atoms with E-state index in [-0.39, 0.29) is 18.4 Å². The molecule has 90 valence electrons. The van der Waals surface area contributed by atoms with E-state index in [0.717, 1.165) is 19.3 Å². The fraction of sp³-hybridized carbons (Fsp3) is 1.00. The minimum atomic E-state index is -3.18. The predicted octanol–water partition coefficient (Wildman–Crippen LogP) is 0.792. The van der Waals surface area contributed by atoms with Crippen LogP contribution in [0.2, 0.25) is 0 Å². The fourth-order valence-electron chi connectivity index (χ4n) is 1.85. The van der Waals surface area contributed by atoms with Gasteiger partial charge in [-0.2, -0.15) is 4.31 Å². The zero-order valence-electron chi connectivity index (χ0n) is 8.73. The van der Waals surface area contributed by atoms with Crippen LogP contribution in [-0.4, -0.2) is 48.7 Å². The van der Waals surface area contributed by atoms with Gasteiger partial charge in [0.25, 0.3) is 0 Å². The van der Waals surface area contributed by atoms with Crippen molar-refractivity contribution in [1.82, 2.24) is 4.31 Å². The van der Waals surface area contributed by atoms with Gasteiger partial charge in [0, 0.05) is 18.5 Å². The van der Waals surface area contributed by atoms with Gasteiger partial charge in [0.2, 0.25) is 10.0 Å². The Bertz CT molecular complexity index is 281. The monoisotopic (exact) mass is 255 g/mol. The number of unbranched alkanes of at least 4 members (excludes halogenated alkanes) is 1. The van der Waals surface area contributed by atoms with Crippen molar-refractivity contribution in [3.8, 4) is 0 Å². The average molecular weight is 256 g/mol. The van der Waals surface area contributed by atoms with E-state index in [4.69, 9.17) is 16.7 Å². The third-order valence-electron chi connectivity index (χ3n) is 2.68. The third-order valence-corrected chi connectivity index (χ3v) is 4.94. The molecule has 1 rings (SSSR count). The Morgan fingerprint density at radius 2 is 2.13 bits per heavy atom. The van der Waals surface area contributed by atoms with Crippen LogP contribution >= 0.6 is 11.6 Å². The second kappa shape index (κ2) is 6.03. The van der Waals surface area contributed by atoms with Crippen molar-refractivity contribution in [2.45, 2.75) is 31.7 Å². The van der Waals surface area contributed by atoms with Gasteiger partial charge >= 0.3 is 0 Å². The first-order valence-corrected chi connectivity index (χ1v) is 7.42. The van der Waals surface area contributed by atoms with Gasteiger partial charge in [0.05, 0.1) is 12.4 Å². The number of rotatable bonds is 6. The van der Waals surface area contributed by atoms with Crippen LogP contribution in [0.5, 0.6) is 0 Å². The van der Waals surface area contributed by atoms with Crippen LogP contribution in [-0.2, 0) is 10.0 Å². The molecule has 0 saturated carbocycles. The van der Waals surface area contributed by atoms with Gasteiger partial charge < -0.3 is 5.11 Å². The molecule has 0 spiro atoms. The average Bonchev–Trinajstić information content (AvgIpc) is 2.66. The summed E-state index contributed by atoms with van der Waals surface area (Å²) in [7, 11) is -3.18. The highest BCUT2D eigenvalue weighted by Gasteiger charge is 2.32. The maximum atomic E-state index is 11.8. The Balaban J connectivity index is 2.52. The fourth-order valence-corrected chi connectivity index (χ4v) is 3.88. The summed E-state index contributed by atoms with van der Waals surface area (Å²) in [6, 6.07) is -0.203. The van der Waals surface area contributed by atoms with E-state index in [9.17, 15) is 8.42 Å². The number of alkyl halides is 1. The zero-order chi connectivity index (χ0) is 11.3. The topological polar surface area (TPSA) is 57.6 Å². The summed E-state index contributed by atoms with van der Waals surface area (Å²) < 4.78 is 25.1. The van der Waals surface area contributed by atoms with Crippen molar-refractivity contribution in [2.75, 3.05) is 24.8 Å². The highest BCUT2D eigenvalue weighted by Crippen LogP contribution is 2.21. The van der Waals surface area contributed by atoms with Crippen molar-refractivity contribution in [1.29, 1.82) is 0 Å². The Morgan fingerprint density at radius 1 is 1.40 bits per heavy atom. The molecule has 0 amide bonds. The summed E-state index contributed by atoms with van der Waals surface area (Å²) in [5.41, 5.74) is 0. The number of aliphatic hydroxyl groups is 1. The Hall–Kier alpha value is 0.160. The van der Waals surface area contributed by atoms with Crippen molar-refractivity contribution >= 4 is 21.6 Å². The summed E-state index contributed by atoms with van der Waals surface area (Å²) in [6.45, 7) is 0.475. The van der Waals surface area contributed by atoms with Gasteiger partial charge in [0.1, 0.15) is 0 Å². The molecule has 1 aliphatic rings. The number of nitrogens with zero attached hydrogens (tertiary/aromatic N) is 1. The van der Waals surface area contributed by atoms with E-state index < -0.39 is 10.0 Å². The summed E-state index contributed by atoms with van der Waals surface area (Å²) >= 11 is 5.50. The maximum absolute atomic E-state index is 11.8. The van der Waals surface area contributed by atoms with Crippen LogP contribution in [0.4, 0.5) is 0 Å². The molecule has 1 atom stereocenters.